The van der Waals surface area contributed by atoms with Crippen molar-refractivity contribution in [2.45, 2.75) is 57.8 Å². The highest BCUT2D eigenvalue weighted by Gasteiger charge is 2.36. The van der Waals surface area contributed by atoms with E-state index in [4.69, 9.17) is 20.9 Å². The van der Waals surface area contributed by atoms with E-state index < -0.39 is 5.60 Å². The number of carbonyl (C=O) groups excluding carboxylic acids is 1. The lowest BCUT2D eigenvalue weighted by Gasteiger charge is -2.39. The first-order valence-corrected chi connectivity index (χ1v) is 8.05. The quantitative estimate of drug-likeness (QED) is 0.809. The summed E-state index contributed by atoms with van der Waals surface area (Å²) < 4.78 is 10.7. The van der Waals surface area contributed by atoms with E-state index in [1.54, 1.807) is 4.90 Å². The van der Waals surface area contributed by atoms with Gasteiger partial charge in [-0.2, -0.15) is 0 Å². The summed E-state index contributed by atoms with van der Waals surface area (Å²) in [5.41, 5.74) is 0.460. The van der Waals surface area contributed by atoms with Gasteiger partial charge in [0.1, 0.15) is 11.7 Å². The van der Waals surface area contributed by atoms with Gasteiger partial charge in [0.15, 0.2) is 0 Å². The molecule has 0 N–H and O–H groups in total. The maximum absolute atomic E-state index is 12.5. The first kappa shape index (κ1) is 17.1. The Morgan fingerprint density at radius 1 is 1.27 bits per heavy atom. The molecule has 0 bridgehead atoms. The van der Waals surface area contributed by atoms with Gasteiger partial charge in [-0.05, 0) is 45.6 Å². The first-order valence-electron chi connectivity index (χ1n) is 7.74. The van der Waals surface area contributed by atoms with E-state index >= 15 is 0 Å². The van der Waals surface area contributed by atoms with E-state index in [1.165, 1.54) is 0 Å². The lowest BCUT2D eigenvalue weighted by atomic mass is 9.93. The van der Waals surface area contributed by atoms with Crippen molar-refractivity contribution in [3.8, 4) is 0 Å². The van der Waals surface area contributed by atoms with Gasteiger partial charge < -0.3 is 9.64 Å². The molecule has 0 aromatic heterocycles. The summed E-state index contributed by atoms with van der Waals surface area (Å²) in [7, 11) is 0. The normalized spacial score (nSPS) is 20.5. The molecule has 1 aromatic rings. The molecule has 0 saturated carbocycles. The van der Waals surface area contributed by atoms with Crippen LogP contribution in [0.2, 0.25) is 0 Å². The van der Waals surface area contributed by atoms with Crippen molar-refractivity contribution in [3.05, 3.63) is 35.9 Å². The summed E-state index contributed by atoms with van der Waals surface area (Å²) in [4.78, 5) is 14.2. The first-order chi connectivity index (χ1) is 10.4. The predicted molar refractivity (Wildman–Crippen MR) is 86.7 cm³/mol. The van der Waals surface area contributed by atoms with Crippen molar-refractivity contribution in [1.82, 2.24) is 4.90 Å². The molecule has 2 atom stereocenters. The zero-order valence-electron chi connectivity index (χ0n) is 13.4. The average molecular weight is 326 g/mol. The van der Waals surface area contributed by atoms with E-state index in [2.05, 4.69) is 0 Å². The highest BCUT2D eigenvalue weighted by Crippen LogP contribution is 2.33. The van der Waals surface area contributed by atoms with Crippen LogP contribution in [0.15, 0.2) is 30.3 Å². The Morgan fingerprint density at radius 3 is 2.55 bits per heavy atom. The average Bonchev–Trinajstić information content (AvgIpc) is 2.48. The third-order valence-electron chi connectivity index (χ3n) is 3.75. The molecule has 0 radical (unpaired) electrons. The third kappa shape index (κ3) is 4.37. The fraction of sp³-hybridized carbons (Fsp3) is 0.588. The van der Waals surface area contributed by atoms with Crippen molar-refractivity contribution in [1.29, 1.82) is 0 Å². The number of nitrogens with zero attached hydrogens (tertiary/aromatic N) is 1. The number of piperidine rings is 1. The third-order valence-corrected chi connectivity index (χ3v) is 3.94. The van der Waals surface area contributed by atoms with Crippen LogP contribution in [0.3, 0.4) is 0 Å². The van der Waals surface area contributed by atoms with Gasteiger partial charge >= 0.3 is 6.09 Å². The molecule has 1 aliphatic heterocycles. The second-order valence-corrected chi connectivity index (χ2v) is 6.84. The topological polar surface area (TPSA) is 38.8 Å². The summed E-state index contributed by atoms with van der Waals surface area (Å²) in [6.45, 7) is 6.28. The van der Waals surface area contributed by atoms with Gasteiger partial charge in [-0.25, -0.2) is 4.79 Å². The number of rotatable bonds is 3. The molecular weight excluding hydrogens is 302 g/mol. The SMILES string of the molecule is CC(C)(C)OC(=O)N1CCCCC1C(OCl)c1ccccc1. The molecule has 1 amide bonds. The zero-order valence-corrected chi connectivity index (χ0v) is 14.2. The largest absolute Gasteiger partial charge is 0.444 e. The van der Waals surface area contributed by atoms with Gasteiger partial charge in [0.2, 0.25) is 0 Å². The van der Waals surface area contributed by atoms with Crippen molar-refractivity contribution in [2.75, 3.05) is 6.54 Å². The molecule has 2 unspecified atom stereocenters. The summed E-state index contributed by atoms with van der Waals surface area (Å²) in [5.74, 6) is 0. The fourth-order valence-corrected chi connectivity index (χ4v) is 3.02. The van der Waals surface area contributed by atoms with Crippen molar-refractivity contribution in [3.63, 3.8) is 0 Å². The van der Waals surface area contributed by atoms with Gasteiger partial charge in [-0.3, -0.25) is 4.29 Å². The Labute approximate surface area is 137 Å². The Balaban J connectivity index is 2.19. The van der Waals surface area contributed by atoms with Crippen LogP contribution in [0.25, 0.3) is 0 Å². The smallest absolute Gasteiger partial charge is 0.410 e. The molecular formula is C17H24ClNO3. The number of halogens is 1. The second-order valence-electron chi connectivity index (χ2n) is 6.66. The Kier molecular flexibility index (Phi) is 5.70. The minimum atomic E-state index is -0.511. The molecule has 1 saturated heterocycles. The van der Waals surface area contributed by atoms with Crippen LogP contribution in [-0.4, -0.2) is 29.2 Å². The van der Waals surface area contributed by atoms with Crippen LogP contribution in [-0.2, 0) is 9.03 Å². The van der Waals surface area contributed by atoms with Gasteiger partial charge in [-0.15, -0.1) is 0 Å². The van der Waals surface area contributed by atoms with Crippen LogP contribution in [0.1, 0.15) is 51.7 Å². The summed E-state index contributed by atoms with van der Waals surface area (Å²) in [6.07, 6.45) is 2.22. The number of hydrogen-bond donors (Lipinski definition) is 0. The summed E-state index contributed by atoms with van der Waals surface area (Å²) in [6, 6.07) is 9.66. The van der Waals surface area contributed by atoms with E-state index in [0.717, 1.165) is 24.8 Å². The van der Waals surface area contributed by atoms with Crippen LogP contribution in [0.5, 0.6) is 0 Å². The van der Waals surface area contributed by atoms with Crippen molar-refractivity contribution >= 4 is 18.0 Å². The number of benzene rings is 1. The summed E-state index contributed by atoms with van der Waals surface area (Å²) in [5, 5.41) is 0. The Bertz CT molecular complexity index is 486. The maximum atomic E-state index is 12.5. The second kappa shape index (κ2) is 7.34. The number of amides is 1. The van der Waals surface area contributed by atoms with E-state index in [9.17, 15) is 4.79 Å². The van der Waals surface area contributed by atoms with Gasteiger partial charge in [0.05, 0.1) is 17.9 Å². The lowest BCUT2D eigenvalue weighted by Crippen LogP contribution is -2.48. The molecule has 0 spiro atoms. The Hall–Kier alpha value is -1.26. The molecule has 1 aliphatic rings. The number of ether oxygens (including phenoxy) is 1. The molecule has 4 nitrogen and oxygen atoms in total. The molecule has 1 heterocycles. The van der Waals surface area contributed by atoms with E-state index in [0.29, 0.717) is 6.54 Å². The van der Waals surface area contributed by atoms with Crippen LogP contribution in [0, 0.1) is 0 Å². The van der Waals surface area contributed by atoms with Gasteiger partial charge in [0.25, 0.3) is 0 Å². The van der Waals surface area contributed by atoms with Crippen molar-refractivity contribution in [2.24, 2.45) is 0 Å². The Morgan fingerprint density at radius 2 is 1.95 bits per heavy atom. The molecule has 5 heteroatoms. The van der Waals surface area contributed by atoms with Crippen molar-refractivity contribution < 1.29 is 13.8 Å². The predicted octanol–water partition coefficient (Wildman–Crippen LogP) is 4.69. The number of carbonyl (C=O) groups is 1. The minimum Gasteiger partial charge on any atom is -0.444 e. The van der Waals surface area contributed by atoms with Crippen LogP contribution < -0.4 is 0 Å². The van der Waals surface area contributed by atoms with E-state index in [-0.39, 0.29) is 18.2 Å². The number of hydrogen-bond acceptors (Lipinski definition) is 3. The molecule has 0 aliphatic carbocycles. The monoisotopic (exact) mass is 325 g/mol. The highest BCUT2D eigenvalue weighted by molar-refractivity contribution is 6.07. The van der Waals surface area contributed by atoms with Crippen LogP contribution in [0.4, 0.5) is 4.79 Å². The maximum Gasteiger partial charge on any atom is 0.410 e. The summed E-state index contributed by atoms with van der Waals surface area (Å²) >= 11 is 5.76. The molecule has 122 valence electrons. The lowest BCUT2D eigenvalue weighted by molar-refractivity contribution is -0.0101. The van der Waals surface area contributed by atoms with Gasteiger partial charge in [0, 0.05) is 6.54 Å². The van der Waals surface area contributed by atoms with Crippen LogP contribution >= 0.6 is 11.9 Å². The molecule has 22 heavy (non-hydrogen) atoms. The number of likely N-dealkylation sites (tertiary alicyclic amines) is 1. The molecule has 1 aromatic carbocycles. The standard InChI is InChI=1S/C17H24ClNO3/c1-17(2,3)21-16(20)19-12-8-7-11-14(19)15(22-18)13-9-5-4-6-10-13/h4-6,9-10,14-15H,7-8,11-12H2,1-3H3. The molecule has 2 rings (SSSR count). The van der Waals surface area contributed by atoms with Gasteiger partial charge in [-0.1, -0.05) is 30.3 Å². The highest BCUT2D eigenvalue weighted by atomic mass is 35.5. The van der Waals surface area contributed by atoms with E-state index in [1.807, 2.05) is 51.1 Å². The zero-order chi connectivity index (χ0) is 16.2. The minimum absolute atomic E-state index is 0.108. The molecule has 1 fully saturated rings. The fourth-order valence-electron chi connectivity index (χ4n) is 2.80.